The van der Waals surface area contributed by atoms with Crippen molar-refractivity contribution < 1.29 is 28.4 Å². The monoisotopic (exact) mass is 428 g/mol. The van der Waals surface area contributed by atoms with E-state index in [4.69, 9.17) is 28.4 Å². The molecule has 0 N–H and O–H groups in total. The predicted octanol–water partition coefficient (Wildman–Crippen LogP) is 5.32. The first-order valence-electron chi connectivity index (χ1n) is 12.3. The van der Waals surface area contributed by atoms with Gasteiger partial charge in [-0.2, -0.15) is 0 Å². The average molecular weight is 429 g/mol. The largest absolute Gasteiger partial charge is 0.379 e. The summed E-state index contributed by atoms with van der Waals surface area (Å²) in [6, 6.07) is 0. The first-order chi connectivity index (χ1) is 14.3. The van der Waals surface area contributed by atoms with Crippen LogP contribution in [0.3, 0.4) is 0 Å². The zero-order valence-corrected chi connectivity index (χ0v) is 19.8. The van der Waals surface area contributed by atoms with Crippen molar-refractivity contribution in [1.82, 2.24) is 0 Å². The second kappa shape index (κ2) is 11.1. The Morgan fingerprint density at radius 1 is 0.633 bits per heavy atom. The highest BCUT2D eigenvalue weighted by Crippen LogP contribution is 2.44. The van der Waals surface area contributed by atoms with E-state index in [-0.39, 0.29) is 24.4 Å². The van der Waals surface area contributed by atoms with E-state index >= 15 is 0 Å². The van der Waals surface area contributed by atoms with Gasteiger partial charge in [0.1, 0.15) is 24.4 Å². The van der Waals surface area contributed by atoms with E-state index in [0.29, 0.717) is 6.61 Å². The Morgan fingerprint density at radius 2 is 1.17 bits per heavy atom. The van der Waals surface area contributed by atoms with Crippen molar-refractivity contribution in [3.8, 4) is 0 Å². The number of hydrogen-bond donors (Lipinski definition) is 0. The van der Waals surface area contributed by atoms with Gasteiger partial charge in [-0.15, -0.1) is 0 Å². The zero-order valence-electron chi connectivity index (χ0n) is 19.8. The third-order valence-electron chi connectivity index (χ3n) is 6.18. The fourth-order valence-corrected chi connectivity index (χ4v) is 4.72. The molecule has 3 aliphatic heterocycles. The molecule has 0 aliphatic carbocycles. The maximum atomic E-state index is 6.18. The smallest absolute Gasteiger partial charge is 0.190 e. The second-order valence-electron chi connectivity index (χ2n) is 9.96. The van der Waals surface area contributed by atoms with Crippen molar-refractivity contribution in [3.63, 3.8) is 0 Å². The first kappa shape index (κ1) is 24.4. The fourth-order valence-electron chi connectivity index (χ4n) is 4.72. The van der Waals surface area contributed by atoms with Gasteiger partial charge in [-0.25, -0.2) is 0 Å². The number of fused-ring (bicyclic) bond motifs is 3. The topological polar surface area (TPSA) is 55.4 Å². The van der Waals surface area contributed by atoms with Crippen LogP contribution in [0.2, 0.25) is 0 Å². The molecule has 0 saturated carbocycles. The van der Waals surface area contributed by atoms with Crippen LogP contribution in [-0.2, 0) is 28.4 Å². The van der Waals surface area contributed by atoms with Crippen molar-refractivity contribution in [1.29, 1.82) is 0 Å². The number of unbranched alkanes of at least 4 members (excludes halogenated alkanes) is 9. The lowest BCUT2D eigenvalue weighted by molar-refractivity contribution is -0.243. The summed E-state index contributed by atoms with van der Waals surface area (Å²) in [5, 5.41) is 0. The molecule has 5 atom stereocenters. The van der Waals surface area contributed by atoms with Gasteiger partial charge in [0, 0.05) is 6.61 Å². The molecule has 0 aromatic carbocycles. The highest BCUT2D eigenvalue weighted by molar-refractivity contribution is 5.00. The molecule has 6 heteroatoms. The molecule has 30 heavy (non-hydrogen) atoms. The molecular weight excluding hydrogens is 384 g/mol. The zero-order chi connectivity index (χ0) is 21.6. The molecule has 3 aliphatic rings. The van der Waals surface area contributed by atoms with Gasteiger partial charge in [0.25, 0.3) is 0 Å². The molecule has 0 amide bonds. The maximum absolute atomic E-state index is 6.18. The van der Waals surface area contributed by atoms with E-state index in [9.17, 15) is 0 Å². The molecule has 0 spiro atoms. The molecule has 3 fully saturated rings. The van der Waals surface area contributed by atoms with Crippen molar-refractivity contribution in [2.75, 3.05) is 13.2 Å². The summed E-state index contributed by atoms with van der Waals surface area (Å²) in [5.74, 6) is -1.33. The summed E-state index contributed by atoms with van der Waals surface area (Å²) in [4.78, 5) is 0. The normalized spacial score (nSPS) is 34.1. The molecule has 0 bridgehead atoms. The minimum atomic E-state index is -0.679. The Morgan fingerprint density at radius 3 is 1.83 bits per heavy atom. The Balaban J connectivity index is 1.31. The van der Waals surface area contributed by atoms with E-state index in [1.54, 1.807) is 0 Å². The van der Waals surface area contributed by atoms with Crippen LogP contribution < -0.4 is 0 Å². The standard InChI is InChI=1S/C24H44O6/c1-6-7-8-9-10-11-12-13-14-15-16-25-17-18-19-20(28-23(2,3)27-19)21-22(26-18)30-24(4,5)29-21/h18-22H,6-17H2,1-5H3/t18-,19-,20+,21-,22+/m1/s1. The lowest BCUT2D eigenvalue weighted by Gasteiger charge is -2.37. The van der Waals surface area contributed by atoms with Gasteiger partial charge in [0.2, 0.25) is 0 Å². The van der Waals surface area contributed by atoms with E-state index in [1.807, 2.05) is 27.7 Å². The lowest BCUT2D eigenvalue weighted by Crippen LogP contribution is -2.56. The van der Waals surface area contributed by atoms with Crippen LogP contribution >= 0.6 is 0 Å². The molecule has 6 nitrogen and oxygen atoms in total. The SMILES string of the molecule is CCCCCCCCCCCCOC[C@H]1O[C@H]2OC(C)(C)O[C@@H]2[C@H]2OC(C)(C)O[C@@H]21. The minimum Gasteiger partial charge on any atom is -0.379 e. The molecule has 176 valence electrons. The summed E-state index contributed by atoms with van der Waals surface area (Å²) in [7, 11) is 0. The molecule has 3 heterocycles. The van der Waals surface area contributed by atoms with E-state index in [0.717, 1.165) is 13.0 Å². The van der Waals surface area contributed by atoms with Gasteiger partial charge in [0.05, 0.1) is 6.61 Å². The van der Waals surface area contributed by atoms with Gasteiger partial charge in [-0.1, -0.05) is 64.7 Å². The number of ether oxygens (including phenoxy) is 6. The van der Waals surface area contributed by atoms with E-state index < -0.39 is 17.9 Å². The van der Waals surface area contributed by atoms with Crippen LogP contribution in [0.25, 0.3) is 0 Å². The second-order valence-corrected chi connectivity index (χ2v) is 9.96. The highest BCUT2D eigenvalue weighted by Gasteiger charge is 2.60. The van der Waals surface area contributed by atoms with Gasteiger partial charge in [0.15, 0.2) is 17.9 Å². The molecule has 3 saturated heterocycles. The van der Waals surface area contributed by atoms with Gasteiger partial charge < -0.3 is 28.4 Å². The van der Waals surface area contributed by atoms with Gasteiger partial charge in [-0.05, 0) is 34.1 Å². The van der Waals surface area contributed by atoms with E-state index in [1.165, 1.54) is 57.8 Å². The maximum Gasteiger partial charge on any atom is 0.190 e. The molecule has 0 radical (unpaired) electrons. The Kier molecular flexibility index (Phi) is 9.00. The fraction of sp³-hybridized carbons (Fsp3) is 1.00. The first-order valence-corrected chi connectivity index (χ1v) is 12.3. The summed E-state index contributed by atoms with van der Waals surface area (Å²) >= 11 is 0. The Labute approximate surface area is 183 Å². The van der Waals surface area contributed by atoms with Crippen LogP contribution in [0.5, 0.6) is 0 Å². The van der Waals surface area contributed by atoms with Crippen LogP contribution in [0.1, 0.15) is 98.8 Å². The number of rotatable bonds is 13. The van der Waals surface area contributed by atoms with Crippen molar-refractivity contribution in [3.05, 3.63) is 0 Å². The molecular formula is C24H44O6. The third kappa shape index (κ3) is 6.88. The van der Waals surface area contributed by atoms with Gasteiger partial charge in [-0.3, -0.25) is 0 Å². The average Bonchev–Trinajstić information content (AvgIpc) is 3.16. The summed E-state index contributed by atoms with van der Waals surface area (Å²) in [6.07, 6.45) is 11.9. The van der Waals surface area contributed by atoms with Crippen molar-refractivity contribution in [2.45, 2.75) is 141 Å². The predicted molar refractivity (Wildman–Crippen MR) is 115 cm³/mol. The molecule has 0 unspecified atom stereocenters. The summed E-state index contributed by atoms with van der Waals surface area (Å²) in [6.45, 7) is 11.2. The summed E-state index contributed by atoms with van der Waals surface area (Å²) in [5.41, 5.74) is 0. The summed E-state index contributed by atoms with van der Waals surface area (Å²) < 4.78 is 36.4. The highest BCUT2D eigenvalue weighted by atomic mass is 16.9. The van der Waals surface area contributed by atoms with Crippen molar-refractivity contribution in [2.24, 2.45) is 0 Å². The number of hydrogen-bond acceptors (Lipinski definition) is 6. The Hall–Kier alpha value is -0.240. The minimum absolute atomic E-state index is 0.202. The van der Waals surface area contributed by atoms with Crippen LogP contribution in [0, 0.1) is 0 Å². The quantitative estimate of drug-likeness (QED) is 0.370. The lowest BCUT2D eigenvalue weighted by atomic mass is 9.99. The Bertz CT molecular complexity index is 508. The van der Waals surface area contributed by atoms with Crippen LogP contribution in [0.15, 0.2) is 0 Å². The molecule has 3 rings (SSSR count). The third-order valence-corrected chi connectivity index (χ3v) is 6.18. The molecule has 0 aromatic heterocycles. The van der Waals surface area contributed by atoms with Gasteiger partial charge >= 0.3 is 0 Å². The molecule has 0 aromatic rings. The van der Waals surface area contributed by atoms with Crippen molar-refractivity contribution >= 4 is 0 Å². The van der Waals surface area contributed by atoms with Crippen LogP contribution in [0.4, 0.5) is 0 Å². The van der Waals surface area contributed by atoms with E-state index in [2.05, 4.69) is 6.92 Å². The van der Waals surface area contributed by atoms with Crippen LogP contribution in [-0.4, -0.2) is 55.5 Å².